The fourth-order valence-electron chi connectivity index (χ4n) is 4.77. The molecule has 0 radical (unpaired) electrons. The van der Waals surface area contributed by atoms with E-state index in [2.05, 4.69) is 41.4 Å². The third-order valence-corrected chi connectivity index (χ3v) is 6.38. The summed E-state index contributed by atoms with van der Waals surface area (Å²) < 4.78 is 1.67. The van der Waals surface area contributed by atoms with E-state index in [1.165, 1.54) is 28.3 Å². The second kappa shape index (κ2) is 7.30. The van der Waals surface area contributed by atoms with Gasteiger partial charge in [0.05, 0.1) is 6.04 Å². The van der Waals surface area contributed by atoms with E-state index in [1.807, 2.05) is 26.0 Å². The Morgan fingerprint density at radius 3 is 2.06 bits per heavy atom. The first-order valence-electron chi connectivity index (χ1n) is 10.7. The maximum Gasteiger partial charge on any atom is 0.278 e. The molecule has 6 heteroatoms. The number of aromatic nitrogens is 1. The fraction of sp³-hybridized carbons (Fsp3) is 0.280. The zero-order chi connectivity index (χ0) is 21.7. The molecule has 1 aliphatic heterocycles. The average molecular weight is 415 g/mol. The second-order valence-electron chi connectivity index (χ2n) is 8.47. The van der Waals surface area contributed by atoms with E-state index in [-0.39, 0.29) is 23.7 Å². The molecule has 0 bridgehead atoms. The van der Waals surface area contributed by atoms with Gasteiger partial charge in [-0.15, -0.1) is 0 Å². The summed E-state index contributed by atoms with van der Waals surface area (Å²) in [6, 6.07) is 17.9. The summed E-state index contributed by atoms with van der Waals surface area (Å²) in [5.74, 6) is -0.838. The SMILES string of the molecule is CC(C)N1CN(C2c3ccccc3CCc3ccccc32)n2ccc(=O)c(O)c2C1=O. The summed E-state index contributed by atoms with van der Waals surface area (Å²) in [6.07, 6.45) is 3.47. The molecular weight excluding hydrogens is 390 g/mol. The van der Waals surface area contributed by atoms with Crippen LogP contribution in [-0.4, -0.2) is 33.3 Å². The van der Waals surface area contributed by atoms with E-state index in [1.54, 1.807) is 15.8 Å². The van der Waals surface area contributed by atoms with Crippen molar-refractivity contribution in [1.82, 2.24) is 9.58 Å². The van der Waals surface area contributed by atoms with E-state index in [0.29, 0.717) is 6.67 Å². The lowest BCUT2D eigenvalue weighted by Crippen LogP contribution is -2.57. The molecule has 3 aromatic rings. The van der Waals surface area contributed by atoms with Crippen molar-refractivity contribution in [2.45, 2.75) is 38.8 Å². The molecule has 0 unspecified atom stereocenters. The molecule has 0 saturated heterocycles. The fourth-order valence-corrected chi connectivity index (χ4v) is 4.77. The lowest BCUT2D eigenvalue weighted by molar-refractivity contribution is 0.0621. The molecule has 2 aromatic carbocycles. The van der Waals surface area contributed by atoms with Crippen molar-refractivity contribution < 1.29 is 9.90 Å². The van der Waals surface area contributed by atoms with Crippen LogP contribution in [0.5, 0.6) is 5.75 Å². The lowest BCUT2D eigenvalue weighted by atomic mass is 9.94. The summed E-state index contributed by atoms with van der Waals surface area (Å²) >= 11 is 0. The first-order valence-corrected chi connectivity index (χ1v) is 10.7. The minimum atomic E-state index is -0.549. The third-order valence-electron chi connectivity index (χ3n) is 6.38. The molecule has 31 heavy (non-hydrogen) atoms. The van der Waals surface area contributed by atoms with Gasteiger partial charge in [-0.1, -0.05) is 48.5 Å². The maximum atomic E-state index is 13.2. The quantitative estimate of drug-likeness (QED) is 0.698. The van der Waals surface area contributed by atoms with Crippen LogP contribution in [0.2, 0.25) is 0 Å². The highest BCUT2D eigenvalue weighted by Gasteiger charge is 2.38. The topological polar surface area (TPSA) is 65.8 Å². The molecule has 2 aliphatic rings. The van der Waals surface area contributed by atoms with Crippen LogP contribution in [0.25, 0.3) is 0 Å². The predicted octanol–water partition coefficient (Wildman–Crippen LogP) is 3.20. The smallest absolute Gasteiger partial charge is 0.278 e. The molecule has 0 fully saturated rings. The average Bonchev–Trinajstić information content (AvgIpc) is 2.93. The van der Waals surface area contributed by atoms with Crippen molar-refractivity contribution in [1.29, 1.82) is 0 Å². The summed E-state index contributed by atoms with van der Waals surface area (Å²) in [7, 11) is 0. The molecule has 0 saturated carbocycles. The standard InChI is InChI=1S/C25H25N3O3/c1-16(2)26-15-28(27-14-13-21(29)24(30)23(27)25(26)31)22-19-9-5-3-7-17(19)11-12-18-8-4-6-10-20(18)22/h3-10,13-14,16,22,30H,11-12,15H2,1-2H3. The van der Waals surface area contributed by atoms with Crippen molar-refractivity contribution in [3.05, 3.63) is 99.0 Å². The van der Waals surface area contributed by atoms with Crippen molar-refractivity contribution in [2.24, 2.45) is 0 Å². The molecular formula is C25H25N3O3. The van der Waals surface area contributed by atoms with Crippen LogP contribution in [0.4, 0.5) is 0 Å². The number of carbonyl (C=O) groups excluding carboxylic acids is 1. The van der Waals surface area contributed by atoms with Gasteiger partial charge in [0.2, 0.25) is 5.43 Å². The monoisotopic (exact) mass is 415 g/mol. The van der Waals surface area contributed by atoms with Gasteiger partial charge >= 0.3 is 0 Å². The van der Waals surface area contributed by atoms with E-state index < -0.39 is 11.2 Å². The summed E-state index contributed by atoms with van der Waals surface area (Å²) in [5, 5.41) is 12.7. The van der Waals surface area contributed by atoms with Crippen LogP contribution in [-0.2, 0) is 12.8 Å². The molecule has 1 aliphatic carbocycles. The summed E-state index contributed by atoms with van der Waals surface area (Å²) in [5.41, 5.74) is 4.36. The van der Waals surface area contributed by atoms with Crippen LogP contribution >= 0.6 is 0 Å². The van der Waals surface area contributed by atoms with Crippen molar-refractivity contribution in [3.63, 3.8) is 0 Å². The first kappa shape index (κ1) is 19.4. The van der Waals surface area contributed by atoms with Crippen LogP contribution in [0.15, 0.2) is 65.6 Å². The Balaban J connectivity index is 1.79. The number of fused-ring (bicyclic) bond motifs is 3. The van der Waals surface area contributed by atoms with Crippen LogP contribution in [0, 0.1) is 0 Å². The Labute approximate surface area is 180 Å². The van der Waals surface area contributed by atoms with E-state index in [4.69, 9.17) is 0 Å². The highest BCUT2D eigenvalue weighted by Crippen LogP contribution is 2.38. The van der Waals surface area contributed by atoms with Crippen LogP contribution in [0.1, 0.15) is 52.6 Å². The van der Waals surface area contributed by atoms with Gasteiger partial charge in [-0.25, -0.2) is 0 Å². The zero-order valence-electron chi connectivity index (χ0n) is 17.7. The van der Waals surface area contributed by atoms with Crippen LogP contribution < -0.4 is 10.4 Å². The lowest BCUT2D eigenvalue weighted by Gasteiger charge is -2.45. The van der Waals surface area contributed by atoms with Gasteiger partial charge in [0.1, 0.15) is 6.67 Å². The molecule has 0 spiro atoms. The zero-order valence-corrected chi connectivity index (χ0v) is 17.7. The summed E-state index contributed by atoms with van der Waals surface area (Å²) in [6.45, 7) is 4.23. The number of pyridine rings is 1. The van der Waals surface area contributed by atoms with Crippen LogP contribution in [0.3, 0.4) is 0 Å². The number of hydrogen-bond acceptors (Lipinski definition) is 4. The second-order valence-corrected chi connectivity index (χ2v) is 8.47. The van der Waals surface area contributed by atoms with E-state index in [0.717, 1.165) is 12.8 Å². The number of aryl methyl sites for hydroxylation is 2. The number of benzene rings is 2. The molecule has 6 nitrogen and oxygen atoms in total. The number of hydrogen-bond donors (Lipinski definition) is 1. The Morgan fingerprint density at radius 2 is 1.48 bits per heavy atom. The third kappa shape index (κ3) is 3.02. The molecule has 0 atom stereocenters. The van der Waals surface area contributed by atoms with Gasteiger partial charge in [0.15, 0.2) is 11.4 Å². The number of carbonyl (C=O) groups is 1. The number of rotatable bonds is 2. The minimum Gasteiger partial charge on any atom is -0.502 e. The first-order chi connectivity index (χ1) is 15.0. The van der Waals surface area contributed by atoms with Gasteiger partial charge < -0.3 is 10.0 Å². The summed E-state index contributed by atoms with van der Waals surface area (Å²) in [4.78, 5) is 27.1. The number of nitrogens with zero attached hydrogens (tertiary/aromatic N) is 3. The van der Waals surface area contributed by atoms with Gasteiger partial charge in [-0.3, -0.25) is 19.3 Å². The highest BCUT2D eigenvalue weighted by molar-refractivity contribution is 5.96. The largest absolute Gasteiger partial charge is 0.502 e. The maximum absolute atomic E-state index is 13.2. The normalized spacial score (nSPS) is 16.0. The Kier molecular flexibility index (Phi) is 4.58. The predicted molar refractivity (Wildman–Crippen MR) is 119 cm³/mol. The van der Waals surface area contributed by atoms with E-state index >= 15 is 0 Å². The van der Waals surface area contributed by atoms with Gasteiger partial charge in [-0.2, -0.15) is 0 Å². The Bertz CT molecular complexity index is 1180. The molecule has 158 valence electrons. The van der Waals surface area contributed by atoms with Crippen molar-refractivity contribution in [2.75, 3.05) is 11.7 Å². The van der Waals surface area contributed by atoms with Gasteiger partial charge in [0.25, 0.3) is 5.91 Å². The molecule has 1 N–H and O–H groups in total. The van der Waals surface area contributed by atoms with Gasteiger partial charge in [-0.05, 0) is 48.9 Å². The van der Waals surface area contributed by atoms with Crippen molar-refractivity contribution >= 4 is 5.91 Å². The molecule has 5 rings (SSSR count). The molecule has 2 heterocycles. The molecule has 1 amide bonds. The Morgan fingerprint density at radius 1 is 0.903 bits per heavy atom. The minimum absolute atomic E-state index is 0.0201. The van der Waals surface area contributed by atoms with Gasteiger partial charge in [0, 0.05) is 18.3 Å². The van der Waals surface area contributed by atoms with Crippen molar-refractivity contribution in [3.8, 4) is 5.75 Å². The van der Waals surface area contributed by atoms with E-state index in [9.17, 15) is 14.7 Å². The highest BCUT2D eigenvalue weighted by atomic mass is 16.3. The Hall–Kier alpha value is -3.54. The number of aromatic hydroxyl groups is 1. The number of amides is 1. The molecule has 1 aromatic heterocycles.